The second-order valence-electron chi connectivity index (χ2n) is 17.7. The molecule has 0 aliphatic carbocycles. The molecule has 0 atom stereocenters. The Balaban J connectivity index is 4.28. The number of hydrogen-bond donors (Lipinski definition) is 0. The summed E-state index contributed by atoms with van der Waals surface area (Å²) >= 11 is 0. The van der Waals surface area contributed by atoms with Crippen LogP contribution in [0.1, 0.15) is 136 Å². The zero-order valence-corrected chi connectivity index (χ0v) is 45.4. The van der Waals surface area contributed by atoms with Crippen LogP contribution in [0.3, 0.4) is 0 Å². The van der Waals surface area contributed by atoms with Gasteiger partial charge in [-0.25, -0.2) is 0 Å². The maximum atomic E-state index is 6.09. The van der Waals surface area contributed by atoms with Crippen LogP contribution in [0.2, 0.25) is 0 Å². The van der Waals surface area contributed by atoms with Gasteiger partial charge in [0.05, 0.1) is 190 Å². The summed E-state index contributed by atoms with van der Waals surface area (Å²) in [6.07, 6.45) is 22.8. The summed E-state index contributed by atoms with van der Waals surface area (Å²) in [5, 5.41) is 0. The predicted octanol–water partition coefficient (Wildman–Crippen LogP) is 9.00. The first kappa shape index (κ1) is 69.1. The van der Waals surface area contributed by atoms with Gasteiger partial charge in [0.15, 0.2) is 0 Å². The zero-order valence-electron chi connectivity index (χ0n) is 45.4. The third-order valence-corrected chi connectivity index (χ3v) is 11.1. The van der Waals surface area contributed by atoms with Gasteiger partial charge in [-0.05, 0) is 26.0 Å². The lowest BCUT2D eigenvalue weighted by Gasteiger charge is -2.31. The monoisotopic (exact) mass is 1010 g/mol. The van der Waals surface area contributed by atoms with Crippen molar-refractivity contribution in [1.82, 2.24) is 0 Å². The van der Waals surface area contributed by atoms with Crippen LogP contribution in [0.4, 0.5) is 0 Å². The number of nitrogens with zero attached hydrogens (tertiary/aromatic N) is 1. The van der Waals surface area contributed by atoms with Crippen LogP contribution in [0.5, 0.6) is 0 Å². The molecule has 0 aromatic carbocycles. The Morgan fingerprint density at radius 3 is 0.600 bits per heavy atom. The Morgan fingerprint density at radius 1 is 0.229 bits per heavy atom. The largest absolute Gasteiger partial charge is 0.379 e. The molecule has 0 aliphatic rings. The molecule has 0 fully saturated rings. The second kappa shape index (κ2) is 62.4. The van der Waals surface area contributed by atoms with Crippen molar-refractivity contribution in [3.05, 3.63) is 0 Å². The number of ether oxygens (including phenoxy) is 15. The van der Waals surface area contributed by atoms with Gasteiger partial charge in [-0.1, -0.05) is 117 Å². The van der Waals surface area contributed by atoms with E-state index in [9.17, 15) is 0 Å². The van der Waals surface area contributed by atoms with Gasteiger partial charge < -0.3 is 76.0 Å². The van der Waals surface area contributed by atoms with E-state index < -0.39 is 5.41 Å². The molecule has 0 N–H and O–H groups in total. The molecule has 0 amide bonds. The van der Waals surface area contributed by atoms with Crippen LogP contribution in [0, 0.1) is 5.41 Å². The molecule has 16 heteroatoms. The fourth-order valence-corrected chi connectivity index (χ4v) is 6.96. The topological polar surface area (TPSA) is 151 Å². The predicted molar refractivity (Wildman–Crippen MR) is 279 cm³/mol. The normalized spacial score (nSPS) is 11.9. The summed E-state index contributed by atoms with van der Waals surface area (Å²) in [5.74, 6) is 0. The van der Waals surface area contributed by atoms with E-state index in [1.165, 1.54) is 96.3 Å². The maximum Gasteiger partial charge on any atom is 0.0701 e. The lowest BCUT2D eigenvalue weighted by molar-refractivity contribution is -0.0868. The lowest BCUT2D eigenvalue weighted by Crippen LogP contribution is -2.41. The van der Waals surface area contributed by atoms with Crippen molar-refractivity contribution in [3.8, 4) is 0 Å². The van der Waals surface area contributed by atoms with Gasteiger partial charge in [-0.2, -0.15) is 0 Å². The molecular weight excluding hydrogens is 903 g/mol. The van der Waals surface area contributed by atoms with Crippen LogP contribution in [-0.4, -0.2) is 211 Å². The molecule has 0 rings (SSSR count). The van der Waals surface area contributed by atoms with E-state index >= 15 is 0 Å². The summed E-state index contributed by atoms with van der Waals surface area (Å²) in [6, 6.07) is 0. The molecule has 70 heavy (non-hydrogen) atoms. The third-order valence-electron chi connectivity index (χ3n) is 11.1. The van der Waals surface area contributed by atoms with Gasteiger partial charge in [0.2, 0.25) is 0 Å². The SMILES string of the molecule is C=NCC(COCCOCCOCCOCCOCCCCCCCC)(COCCOCCOCCOCCOCCCCCCCC)COCCOCCOCCOCCOCCCCCCCC. The highest BCUT2D eigenvalue weighted by molar-refractivity contribution is 5.23. The van der Waals surface area contributed by atoms with E-state index in [1.807, 2.05) is 0 Å². The van der Waals surface area contributed by atoms with Crippen molar-refractivity contribution in [1.29, 1.82) is 0 Å². The Kier molecular flexibility index (Phi) is 61.5. The minimum absolute atomic E-state index is 0.357. The Labute approximate surface area is 428 Å². The summed E-state index contributed by atoms with van der Waals surface area (Å²) in [6.45, 7) is 26.5. The van der Waals surface area contributed by atoms with Crippen molar-refractivity contribution in [2.45, 2.75) is 136 Å². The summed E-state index contributed by atoms with van der Waals surface area (Å²) in [5.41, 5.74) is -0.547. The van der Waals surface area contributed by atoms with Gasteiger partial charge in [0.25, 0.3) is 0 Å². The van der Waals surface area contributed by atoms with Crippen molar-refractivity contribution in [3.63, 3.8) is 0 Å². The molecule has 0 radical (unpaired) electrons. The smallest absolute Gasteiger partial charge is 0.0701 e. The first-order valence-corrected chi connectivity index (χ1v) is 27.8. The molecular formula is C54H109NO15. The summed E-state index contributed by atoms with van der Waals surface area (Å²) in [7, 11) is 0. The zero-order chi connectivity index (χ0) is 50.5. The van der Waals surface area contributed by atoms with Gasteiger partial charge in [-0.15, -0.1) is 0 Å². The Hall–Kier alpha value is -0.930. The molecule has 0 heterocycles. The number of rotatable bonds is 65. The van der Waals surface area contributed by atoms with Crippen molar-refractivity contribution >= 4 is 6.72 Å². The average Bonchev–Trinajstić information content (AvgIpc) is 3.37. The highest BCUT2D eigenvalue weighted by Crippen LogP contribution is 2.21. The Bertz CT molecular complexity index is 852. The van der Waals surface area contributed by atoms with Gasteiger partial charge in [0, 0.05) is 19.8 Å². The first-order chi connectivity index (χ1) is 34.7. The highest BCUT2D eigenvalue weighted by Gasteiger charge is 2.31. The van der Waals surface area contributed by atoms with E-state index in [0.717, 1.165) is 39.1 Å². The van der Waals surface area contributed by atoms with Gasteiger partial charge in [0.1, 0.15) is 0 Å². The highest BCUT2D eigenvalue weighted by atomic mass is 16.6. The van der Waals surface area contributed by atoms with E-state index in [2.05, 4.69) is 32.5 Å². The van der Waals surface area contributed by atoms with Crippen LogP contribution in [0.25, 0.3) is 0 Å². The van der Waals surface area contributed by atoms with Crippen molar-refractivity contribution in [2.75, 3.05) is 205 Å². The van der Waals surface area contributed by atoms with E-state index in [4.69, 9.17) is 71.1 Å². The third kappa shape index (κ3) is 56.4. The van der Waals surface area contributed by atoms with Crippen LogP contribution >= 0.6 is 0 Å². The van der Waals surface area contributed by atoms with E-state index in [1.54, 1.807) is 0 Å². The summed E-state index contributed by atoms with van der Waals surface area (Å²) in [4.78, 5) is 4.23. The molecule has 0 aromatic rings. The fourth-order valence-electron chi connectivity index (χ4n) is 6.96. The first-order valence-electron chi connectivity index (χ1n) is 27.8. The van der Waals surface area contributed by atoms with Crippen molar-refractivity contribution < 1.29 is 71.1 Å². The molecule has 0 aliphatic heterocycles. The minimum Gasteiger partial charge on any atom is -0.379 e. The molecule has 0 spiro atoms. The lowest BCUT2D eigenvalue weighted by atomic mass is 9.91. The number of aliphatic imine (C=N–C) groups is 1. The molecule has 0 saturated heterocycles. The number of unbranched alkanes of at least 4 members (excludes halogenated alkanes) is 15. The molecule has 0 aromatic heterocycles. The van der Waals surface area contributed by atoms with Crippen LogP contribution < -0.4 is 0 Å². The van der Waals surface area contributed by atoms with E-state index in [0.29, 0.717) is 185 Å². The second-order valence-corrected chi connectivity index (χ2v) is 17.7. The minimum atomic E-state index is -0.547. The maximum absolute atomic E-state index is 6.09. The fraction of sp³-hybridized carbons (Fsp3) is 0.981. The molecule has 0 saturated carbocycles. The van der Waals surface area contributed by atoms with Crippen molar-refractivity contribution in [2.24, 2.45) is 10.4 Å². The van der Waals surface area contributed by atoms with Gasteiger partial charge >= 0.3 is 0 Å². The average molecular weight is 1010 g/mol. The Morgan fingerprint density at radius 2 is 0.400 bits per heavy atom. The van der Waals surface area contributed by atoms with E-state index in [-0.39, 0.29) is 0 Å². The number of hydrogen-bond acceptors (Lipinski definition) is 16. The molecule has 420 valence electrons. The molecule has 16 nitrogen and oxygen atoms in total. The van der Waals surface area contributed by atoms with Crippen LogP contribution in [-0.2, 0) is 71.1 Å². The molecule has 0 unspecified atom stereocenters. The standard InChI is InChI=1S/C54H109NO15/c1-5-8-11-14-17-20-23-56-26-29-59-32-35-62-38-41-65-44-47-68-51-54(50-55-4,52-69-48-45-66-42-39-63-36-33-60-30-27-57-24-21-18-15-12-9-6-2)53-70-49-46-67-43-40-64-37-34-61-31-28-58-25-22-19-16-13-10-7-3/h4-53H2,1-3H3. The summed E-state index contributed by atoms with van der Waals surface area (Å²) < 4.78 is 86.3. The molecule has 0 bridgehead atoms. The van der Waals surface area contributed by atoms with Gasteiger partial charge in [-0.3, -0.25) is 0 Å². The van der Waals surface area contributed by atoms with Crippen LogP contribution in [0.15, 0.2) is 4.99 Å². The quantitative estimate of drug-likeness (QED) is 0.0421.